The Balaban J connectivity index is 2.00. The highest BCUT2D eigenvalue weighted by Gasteiger charge is 2.09. The number of ether oxygens (including phenoxy) is 2. The van der Waals surface area contributed by atoms with Crippen molar-refractivity contribution in [3.63, 3.8) is 0 Å². The standard InChI is InChI=1S/C17H18N2O4/c1-22-15-8-3-2-5-13(15)10-19-17(21)12-6-4-7-14(9-12)23-11-16(18)20/h2-9H,10-11H2,1H3,(H2,18,20)(H,19,21). The largest absolute Gasteiger partial charge is 0.496 e. The van der Waals surface area contributed by atoms with E-state index in [1.807, 2.05) is 24.3 Å². The fraction of sp³-hybridized carbons (Fsp3) is 0.176. The Morgan fingerprint density at radius 1 is 1.13 bits per heavy atom. The van der Waals surface area contributed by atoms with Crippen molar-refractivity contribution in [2.75, 3.05) is 13.7 Å². The third-order valence-electron chi connectivity index (χ3n) is 3.11. The molecule has 0 saturated heterocycles. The second-order valence-electron chi connectivity index (χ2n) is 4.78. The zero-order chi connectivity index (χ0) is 16.7. The third kappa shape index (κ3) is 4.74. The van der Waals surface area contributed by atoms with E-state index in [0.717, 1.165) is 5.56 Å². The molecule has 0 aliphatic heterocycles. The van der Waals surface area contributed by atoms with E-state index in [0.29, 0.717) is 23.6 Å². The Morgan fingerprint density at radius 2 is 1.91 bits per heavy atom. The molecular weight excluding hydrogens is 296 g/mol. The van der Waals surface area contributed by atoms with Gasteiger partial charge in [0, 0.05) is 17.7 Å². The molecular formula is C17H18N2O4. The highest BCUT2D eigenvalue weighted by Crippen LogP contribution is 2.17. The molecule has 2 aromatic carbocycles. The van der Waals surface area contributed by atoms with Crippen LogP contribution in [0.15, 0.2) is 48.5 Å². The summed E-state index contributed by atoms with van der Waals surface area (Å²) in [5.74, 6) is 0.302. The maximum atomic E-state index is 12.2. The number of hydrogen-bond donors (Lipinski definition) is 2. The lowest BCUT2D eigenvalue weighted by atomic mass is 10.1. The lowest BCUT2D eigenvalue weighted by Gasteiger charge is -2.10. The molecule has 2 aromatic rings. The minimum Gasteiger partial charge on any atom is -0.496 e. The van der Waals surface area contributed by atoms with Gasteiger partial charge >= 0.3 is 0 Å². The first-order chi connectivity index (χ1) is 11.1. The summed E-state index contributed by atoms with van der Waals surface area (Å²) in [5, 5.41) is 2.82. The van der Waals surface area contributed by atoms with Gasteiger partial charge in [0.25, 0.3) is 11.8 Å². The van der Waals surface area contributed by atoms with Crippen molar-refractivity contribution >= 4 is 11.8 Å². The number of amides is 2. The van der Waals surface area contributed by atoms with E-state index in [9.17, 15) is 9.59 Å². The monoisotopic (exact) mass is 314 g/mol. The van der Waals surface area contributed by atoms with Crippen LogP contribution in [0.25, 0.3) is 0 Å². The highest BCUT2D eigenvalue weighted by molar-refractivity contribution is 5.94. The fourth-order valence-electron chi connectivity index (χ4n) is 2.01. The fourth-order valence-corrected chi connectivity index (χ4v) is 2.01. The Hall–Kier alpha value is -3.02. The molecule has 2 amide bonds. The third-order valence-corrected chi connectivity index (χ3v) is 3.11. The summed E-state index contributed by atoms with van der Waals surface area (Å²) < 4.78 is 10.4. The molecule has 0 saturated carbocycles. The first kappa shape index (κ1) is 16.4. The Morgan fingerprint density at radius 3 is 2.65 bits per heavy atom. The van der Waals surface area contributed by atoms with Crippen LogP contribution in [0.1, 0.15) is 15.9 Å². The van der Waals surface area contributed by atoms with Crippen LogP contribution in [0.3, 0.4) is 0 Å². The number of methoxy groups -OCH3 is 1. The second kappa shape index (κ2) is 7.84. The van der Waals surface area contributed by atoms with Crippen molar-refractivity contribution in [2.45, 2.75) is 6.54 Å². The molecule has 0 heterocycles. The van der Waals surface area contributed by atoms with Gasteiger partial charge < -0.3 is 20.5 Å². The second-order valence-corrected chi connectivity index (χ2v) is 4.78. The molecule has 2 rings (SSSR count). The predicted octanol–water partition coefficient (Wildman–Crippen LogP) is 1.49. The SMILES string of the molecule is COc1ccccc1CNC(=O)c1cccc(OCC(N)=O)c1. The van der Waals surface area contributed by atoms with Crippen LogP contribution in [0.4, 0.5) is 0 Å². The normalized spacial score (nSPS) is 9.96. The maximum absolute atomic E-state index is 12.2. The van der Waals surface area contributed by atoms with E-state index in [4.69, 9.17) is 15.2 Å². The highest BCUT2D eigenvalue weighted by atomic mass is 16.5. The first-order valence-electron chi connectivity index (χ1n) is 7.01. The number of rotatable bonds is 7. The number of primary amides is 1. The Bertz CT molecular complexity index is 700. The smallest absolute Gasteiger partial charge is 0.255 e. The minimum atomic E-state index is -0.573. The Kier molecular flexibility index (Phi) is 5.57. The molecule has 0 spiro atoms. The van der Waals surface area contributed by atoms with Gasteiger partial charge in [-0.3, -0.25) is 9.59 Å². The molecule has 3 N–H and O–H groups in total. The van der Waals surface area contributed by atoms with Crippen molar-refractivity contribution in [3.05, 3.63) is 59.7 Å². The van der Waals surface area contributed by atoms with Crippen molar-refractivity contribution in [1.29, 1.82) is 0 Å². The van der Waals surface area contributed by atoms with Gasteiger partial charge in [-0.15, -0.1) is 0 Å². The number of para-hydroxylation sites is 1. The van der Waals surface area contributed by atoms with Crippen molar-refractivity contribution in [3.8, 4) is 11.5 Å². The van der Waals surface area contributed by atoms with Crippen molar-refractivity contribution in [1.82, 2.24) is 5.32 Å². The summed E-state index contributed by atoms with van der Waals surface area (Å²) >= 11 is 0. The molecule has 0 aliphatic carbocycles. The molecule has 6 heteroatoms. The number of benzene rings is 2. The molecule has 0 aliphatic rings. The lowest BCUT2D eigenvalue weighted by molar-refractivity contribution is -0.119. The van der Waals surface area contributed by atoms with Crippen LogP contribution in [-0.2, 0) is 11.3 Å². The van der Waals surface area contributed by atoms with Crippen LogP contribution in [-0.4, -0.2) is 25.5 Å². The van der Waals surface area contributed by atoms with Gasteiger partial charge in [0.05, 0.1) is 7.11 Å². The van der Waals surface area contributed by atoms with Gasteiger partial charge in [-0.1, -0.05) is 24.3 Å². The molecule has 0 bridgehead atoms. The molecule has 0 unspecified atom stereocenters. The van der Waals surface area contributed by atoms with Gasteiger partial charge in [0.2, 0.25) is 0 Å². The van der Waals surface area contributed by atoms with Crippen LogP contribution < -0.4 is 20.5 Å². The van der Waals surface area contributed by atoms with Crippen LogP contribution >= 0.6 is 0 Å². The van der Waals surface area contributed by atoms with E-state index in [1.54, 1.807) is 31.4 Å². The van der Waals surface area contributed by atoms with E-state index < -0.39 is 5.91 Å². The van der Waals surface area contributed by atoms with Crippen LogP contribution in [0.2, 0.25) is 0 Å². The molecule has 0 atom stereocenters. The molecule has 0 radical (unpaired) electrons. The van der Waals surface area contributed by atoms with E-state index in [1.165, 1.54) is 0 Å². The summed E-state index contributed by atoms with van der Waals surface area (Å²) in [4.78, 5) is 22.9. The zero-order valence-electron chi connectivity index (χ0n) is 12.7. The molecule has 120 valence electrons. The number of nitrogens with two attached hydrogens (primary N) is 1. The summed E-state index contributed by atoms with van der Waals surface area (Å²) in [6.07, 6.45) is 0. The van der Waals surface area contributed by atoms with Crippen molar-refractivity contribution in [2.24, 2.45) is 5.73 Å². The number of nitrogens with one attached hydrogen (secondary N) is 1. The minimum absolute atomic E-state index is 0.230. The maximum Gasteiger partial charge on any atom is 0.255 e. The topological polar surface area (TPSA) is 90.7 Å². The average molecular weight is 314 g/mol. The van der Waals surface area contributed by atoms with Gasteiger partial charge in [-0.25, -0.2) is 0 Å². The molecule has 23 heavy (non-hydrogen) atoms. The summed E-state index contributed by atoms with van der Waals surface area (Å²) in [6, 6.07) is 14.0. The number of hydrogen-bond acceptors (Lipinski definition) is 4. The quantitative estimate of drug-likeness (QED) is 0.810. The average Bonchev–Trinajstić information content (AvgIpc) is 2.58. The summed E-state index contributed by atoms with van der Waals surface area (Å²) in [5.41, 5.74) is 6.33. The molecule has 0 fully saturated rings. The van der Waals surface area contributed by atoms with E-state index >= 15 is 0 Å². The van der Waals surface area contributed by atoms with Crippen LogP contribution in [0.5, 0.6) is 11.5 Å². The van der Waals surface area contributed by atoms with E-state index in [2.05, 4.69) is 5.32 Å². The van der Waals surface area contributed by atoms with E-state index in [-0.39, 0.29) is 12.5 Å². The van der Waals surface area contributed by atoms with Gasteiger partial charge in [0.1, 0.15) is 11.5 Å². The first-order valence-corrected chi connectivity index (χ1v) is 7.01. The Labute approximate surface area is 134 Å². The molecule has 6 nitrogen and oxygen atoms in total. The summed E-state index contributed by atoms with van der Waals surface area (Å²) in [7, 11) is 1.58. The van der Waals surface area contributed by atoms with Crippen LogP contribution in [0, 0.1) is 0 Å². The lowest BCUT2D eigenvalue weighted by Crippen LogP contribution is -2.23. The van der Waals surface area contributed by atoms with Gasteiger partial charge in [-0.2, -0.15) is 0 Å². The number of carbonyl (C=O) groups excluding carboxylic acids is 2. The van der Waals surface area contributed by atoms with Crippen molar-refractivity contribution < 1.29 is 19.1 Å². The molecule has 0 aromatic heterocycles. The summed E-state index contributed by atoms with van der Waals surface area (Å²) in [6.45, 7) is 0.113. The van der Waals surface area contributed by atoms with Gasteiger partial charge in [0.15, 0.2) is 6.61 Å². The zero-order valence-corrected chi connectivity index (χ0v) is 12.7. The van der Waals surface area contributed by atoms with Gasteiger partial charge in [-0.05, 0) is 24.3 Å². The predicted molar refractivity (Wildman–Crippen MR) is 85.3 cm³/mol. The number of carbonyl (C=O) groups is 2.